The van der Waals surface area contributed by atoms with Crippen LogP contribution in [0.15, 0.2) is 24.3 Å². The quantitative estimate of drug-likeness (QED) is 0.839. The van der Waals surface area contributed by atoms with Crippen LogP contribution < -0.4 is 0 Å². The lowest BCUT2D eigenvalue weighted by Crippen LogP contribution is -1.91. The number of thiazole rings is 1. The van der Waals surface area contributed by atoms with Crippen LogP contribution in [0.4, 0.5) is 0 Å². The number of aromatic hydroxyl groups is 1. The summed E-state index contributed by atoms with van der Waals surface area (Å²) in [6.45, 7) is 1.96. The second-order valence-electron chi connectivity index (χ2n) is 3.34. The van der Waals surface area contributed by atoms with Crippen molar-refractivity contribution in [1.82, 2.24) is 4.98 Å². The van der Waals surface area contributed by atoms with Crippen molar-refractivity contribution in [2.45, 2.75) is 6.92 Å². The summed E-state index contributed by atoms with van der Waals surface area (Å²) < 4.78 is 0. The lowest BCUT2D eigenvalue weighted by molar-refractivity contribution is 0.0699. The molecule has 0 atom stereocenters. The number of aromatic carboxylic acids is 1. The zero-order valence-electron chi connectivity index (χ0n) is 8.47. The predicted octanol–water partition coefficient (Wildman–Crippen LogP) is 2.52. The summed E-state index contributed by atoms with van der Waals surface area (Å²) in [6.07, 6.45) is 0. The molecule has 1 aromatic heterocycles. The van der Waals surface area contributed by atoms with Gasteiger partial charge in [-0.2, -0.15) is 0 Å². The summed E-state index contributed by atoms with van der Waals surface area (Å²) >= 11 is 0.966. The third-order valence-corrected chi connectivity index (χ3v) is 3.18. The van der Waals surface area contributed by atoms with E-state index < -0.39 is 11.8 Å². The molecule has 0 saturated carbocycles. The molecule has 0 amide bonds. The van der Waals surface area contributed by atoms with E-state index in [4.69, 9.17) is 5.11 Å². The minimum absolute atomic E-state index is 0.129. The van der Waals surface area contributed by atoms with Gasteiger partial charge in [-0.3, -0.25) is 0 Å². The number of carbonyl (C=O) groups is 1. The van der Waals surface area contributed by atoms with E-state index >= 15 is 0 Å². The van der Waals surface area contributed by atoms with Crippen LogP contribution in [0.3, 0.4) is 0 Å². The number of carboxylic acid groups (broad SMARTS) is 1. The van der Waals surface area contributed by atoms with Gasteiger partial charge in [0.05, 0.1) is 0 Å². The molecule has 0 aliphatic heterocycles. The van der Waals surface area contributed by atoms with Crippen LogP contribution in [0.2, 0.25) is 0 Å². The third kappa shape index (κ3) is 1.90. The van der Waals surface area contributed by atoms with Gasteiger partial charge in [0.25, 0.3) is 0 Å². The summed E-state index contributed by atoms with van der Waals surface area (Å²) in [7, 11) is 0. The largest absolute Gasteiger partial charge is 0.492 e. The number of aryl methyl sites for hydroxylation is 1. The number of carboxylic acids is 1. The van der Waals surface area contributed by atoms with Gasteiger partial charge < -0.3 is 10.2 Å². The zero-order chi connectivity index (χ0) is 11.7. The molecule has 0 spiro atoms. The Morgan fingerprint density at radius 1 is 1.31 bits per heavy atom. The molecular formula is C11H9NO3S. The number of aromatic nitrogens is 1. The van der Waals surface area contributed by atoms with E-state index in [0.717, 1.165) is 22.5 Å². The average molecular weight is 235 g/mol. The van der Waals surface area contributed by atoms with E-state index in [0.29, 0.717) is 5.01 Å². The van der Waals surface area contributed by atoms with Gasteiger partial charge in [-0.1, -0.05) is 29.8 Å². The van der Waals surface area contributed by atoms with Gasteiger partial charge in [0.1, 0.15) is 5.01 Å². The molecule has 2 aromatic rings. The summed E-state index contributed by atoms with van der Waals surface area (Å²) in [4.78, 5) is 14.4. The molecule has 2 N–H and O–H groups in total. The predicted molar refractivity (Wildman–Crippen MR) is 60.9 cm³/mol. The smallest absolute Gasteiger partial charge is 0.351 e. The van der Waals surface area contributed by atoms with Crippen molar-refractivity contribution in [1.29, 1.82) is 0 Å². The lowest BCUT2D eigenvalue weighted by Gasteiger charge is -1.95. The van der Waals surface area contributed by atoms with Gasteiger partial charge >= 0.3 is 5.97 Å². The fraction of sp³-hybridized carbons (Fsp3) is 0.0909. The topological polar surface area (TPSA) is 70.4 Å². The molecule has 2 rings (SSSR count). The highest BCUT2D eigenvalue weighted by atomic mass is 32.1. The Morgan fingerprint density at radius 2 is 1.94 bits per heavy atom. The minimum atomic E-state index is -1.16. The molecule has 4 nitrogen and oxygen atoms in total. The molecule has 0 saturated heterocycles. The van der Waals surface area contributed by atoms with Crippen molar-refractivity contribution in [3.8, 4) is 16.5 Å². The Morgan fingerprint density at radius 3 is 2.44 bits per heavy atom. The first kappa shape index (κ1) is 10.6. The number of nitrogens with zero attached hydrogens (tertiary/aromatic N) is 1. The summed E-state index contributed by atoms with van der Waals surface area (Å²) in [5, 5.41) is 18.6. The fourth-order valence-electron chi connectivity index (χ4n) is 1.27. The van der Waals surface area contributed by atoms with Crippen molar-refractivity contribution in [3.05, 3.63) is 34.7 Å². The molecule has 0 radical (unpaired) electrons. The Balaban J connectivity index is 2.45. The average Bonchev–Trinajstić information content (AvgIpc) is 2.61. The second-order valence-corrected chi connectivity index (χ2v) is 4.34. The summed E-state index contributed by atoms with van der Waals surface area (Å²) in [6, 6.07) is 7.51. The standard InChI is InChI=1S/C11H9NO3S/c1-6-2-4-7(5-3-6)10-12-9(13)8(16-10)11(14)15/h2-5,13H,1H3,(H,14,15). The van der Waals surface area contributed by atoms with Gasteiger partial charge in [-0.25, -0.2) is 9.78 Å². The number of hydrogen-bond donors (Lipinski definition) is 2. The Bertz CT molecular complexity index is 531. The van der Waals surface area contributed by atoms with Crippen LogP contribution in [0.5, 0.6) is 5.88 Å². The van der Waals surface area contributed by atoms with E-state index in [9.17, 15) is 9.90 Å². The van der Waals surface area contributed by atoms with Crippen LogP contribution >= 0.6 is 11.3 Å². The molecule has 1 heterocycles. The molecule has 0 unspecified atom stereocenters. The zero-order valence-corrected chi connectivity index (χ0v) is 9.28. The van der Waals surface area contributed by atoms with Crippen molar-refractivity contribution < 1.29 is 15.0 Å². The van der Waals surface area contributed by atoms with E-state index in [1.807, 2.05) is 31.2 Å². The number of hydrogen-bond acceptors (Lipinski definition) is 4. The number of benzene rings is 1. The molecule has 1 aromatic carbocycles. The van der Waals surface area contributed by atoms with E-state index in [1.165, 1.54) is 0 Å². The van der Waals surface area contributed by atoms with Crippen LogP contribution in [0.1, 0.15) is 15.2 Å². The van der Waals surface area contributed by atoms with Crippen LogP contribution in [-0.2, 0) is 0 Å². The van der Waals surface area contributed by atoms with Crippen molar-refractivity contribution in [3.63, 3.8) is 0 Å². The second kappa shape index (κ2) is 3.94. The van der Waals surface area contributed by atoms with Crippen LogP contribution in [0, 0.1) is 6.92 Å². The van der Waals surface area contributed by atoms with E-state index in [2.05, 4.69) is 4.98 Å². The molecule has 0 bridgehead atoms. The highest BCUT2D eigenvalue weighted by Gasteiger charge is 2.17. The van der Waals surface area contributed by atoms with Crippen molar-refractivity contribution in [2.24, 2.45) is 0 Å². The maximum Gasteiger partial charge on any atom is 0.351 e. The van der Waals surface area contributed by atoms with Gasteiger partial charge in [-0.05, 0) is 6.92 Å². The van der Waals surface area contributed by atoms with Gasteiger partial charge in [-0.15, -0.1) is 11.3 Å². The van der Waals surface area contributed by atoms with Gasteiger partial charge in [0.15, 0.2) is 4.88 Å². The highest BCUT2D eigenvalue weighted by molar-refractivity contribution is 7.17. The Kier molecular flexibility index (Phi) is 2.62. The minimum Gasteiger partial charge on any atom is -0.492 e. The first-order valence-corrected chi connectivity index (χ1v) is 5.39. The maximum atomic E-state index is 10.7. The normalized spacial score (nSPS) is 10.3. The van der Waals surface area contributed by atoms with Crippen LogP contribution in [-0.4, -0.2) is 21.2 Å². The van der Waals surface area contributed by atoms with Gasteiger partial charge in [0, 0.05) is 5.56 Å². The fourth-order valence-corrected chi connectivity index (χ4v) is 2.07. The SMILES string of the molecule is Cc1ccc(-c2nc(O)c(C(=O)O)s2)cc1. The first-order valence-electron chi connectivity index (χ1n) is 4.58. The van der Waals surface area contributed by atoms with Gasteiger partial charge in [0.2, 0.25) is 5.88 Å². The molecule has 0 aliphatic carbocycles. The Labute approximate surface area is 95.8 Å². The first-order chi connectivity index (χ1) is 7.58. The summed E-state index contributed by atoms with van der Waals surface area (Å²) in [5.41, 5.74) is 1.92. The highest BCUT2D eigenvalue weighted by Crippen LogP contribution is 2.31. The monoisotopic (exact) mass is 235 g/mol. The lowest BCUT2D eigenvalue weighted by atomic mass is 10.2. The molecule has 0 aliphatic rings. The van der Waals surface area contributed by atoms with E-state index in [-0.39, 0.29) is 4.88 Å². The van der Waals surface area contributed by atoms with Crippen LogP contribution in [0.25, 0.3) is 10.6 Å². The molecule has 0 fully saturated rings. The third-order valence-electron chi connectivity index (χ3n) is 2.10. The van der Waals surface area contributed by atoms with E-state index in [1.54, 1.807) is 0 Å². The molecular weight excluding hydrogens is 226 g/mol. The molecule has 82 valence electrons. The summed E-state index contributed by atoms with van der Waals surface area (Å²) in [5.74, 6) is -1.58. The molecule has 16 heavy (non-hydrogen) atoms. The van der Waals surface area contributed by atoms with Crippen molar-refractivity contribution in [2.75, 3.05) is 0 Å². The maximum absolute atomic E-state index is 10.7. The number of rotatable bonds is 2. The Hall–Kier alpha value is -1.88. The molecule has 5 heteroatoms. The van der Waals surface area contributed by atoms with Crippen molar-refractivity contribution >= 4 is 17.3 Å².